The van der Waals surface area contributed by atoms with Gasteiger partial charge in [0.05, 0.1) is 18.8 Å². The fourth-order valence-corrected chi connectivity index (χ4v) is 3.02. The molecule has 28 heavy (non-hydrogen) atoms. The largest absolute Gasteiger partial charge is 0.324 e. The van der Waals surface area contributed by atoms with Crippen LogP contribution in [0, 0.1) is 0 Å². The third-order valence-electron chi connectivity index (χ3n) is 4.38. The summed E-state index contributed by atoms with van der Waals surface area (Å²) in [6, 6.07) is 19.8. The Hall–Kier alpha value is -3.81. The van der Waals surface area contributed by atoms with Crippen LogP contribution in [-0.4, -0.2) is 33.3 Å². The van der Waals surface area contributed by atoms with E-state index >= 15 is 0 Å². The number of nitrogens with one attached hydrogen (secondary N) is 3. The van der Waals surface area contributed by atoms with Crippen molar-refractivity contribution in [2.24, 2.45) is 0 Å². The van der Waals surface area contributed by atoms with Crippen molar-refractivity contribution in [2.75, 3.05) is 22.5 Å². The van der Waals surface area contributed by atoms with Gasteiger partial charge in [0.15, 0.2) is 5.82 Å². The van der Waals surface area contributed by atoms with Gasteiger partial charge in [0.25, 0.3) is 0 Å². The maximum atomic E-state index is 12.5. The first kappa shape index (κ1) is 17.6. The van der Waals surface area contributed by atoms with Crippen LogP contribution in [0.25, 0.3) is 0 Å². The fourth-order valence-electron chi connectivity index (χ4n) is 3.02. The number of carbonyl (C=O) groups excluding carboxylic acids is 2. The predicted octanol–water partition coefficient (Wildman–Crippen LogP) is 3.57. The molecule has 1 aromatic heterocycles. The van der Waals surface area contributed by atoms with Crippen LogP contribution >= 0.6 is 0 Å². The Labute approximate surface area is 162 Å². The molecule has 0 saturated carbocycles. The number of nitrogens with zero attached hydrogens (tertiary/aromatic N) is 3. The Bertz CT molecular complexity index is 971. The minimum absolute atomic E-state index is 0.157. The zero-order valence-corrected chi connectivity index (χ0v) is 15.1. The summed E-state index contributed by atoms with van der Waals surface area (Å²) < 4.78 is 1.81. The number of aromatic nitrogens is 2. The van der Waals surface area contributed by atoms with Crippen molar-refractivity contribution >= 4 is 29.3 Å². The standard InChI is InChI=1S/C20H20N6O2/c27-19(21-15-7-3-1-4-8-15)23-18-13-17-14-25(11-12-26(17)24-18)20(28)22-16-9-5-2-6-10-16/h1-10,13H,11-12,14H2,(H,22,28)(H2,21,23,24,27). The first-order valence-electron chi connectivity index (χ1n) is 8.98. The second kappa shape index (κ2) is 7.83. The van der Waals surface area contributed by atoms with E-state index < -0.39 is 0 Å². The van der Waals surface area contributed by atoms with Crippen LogP contribution < -0.4 is 16.0 Å². The van der Waals surface area contributed by atoms with Crippen LogP contribution in [0.15, 0.2) is 66.7 Å². The van der Waals surface area contributed by atoms with E-state index in [1.54, 1.807) is 23.1 Å². The van der Waals surface area contributed by atoms with Crippen LogP contribution in [0.2, 0.25) is 0 Å². The van der Waals surface area contributed by atoms with Crippen molar-refractivity contribution in [1.29, 1.82) is 0 Å². The molecule has 0 fully saturated rings. The highest BCUT2D eigenvalue weighted by molar-refractivity contribution is 5.99. The molecule has 0 unspecified atom stereocenters. The molecule has 8 heteroatoms. The number of amides is 4. The molecule has 1 aliphatic heterocycles. The SMILES string of the molecule is O=C(Nc1ccccc1)Nc1cc2n(n1)CCN(C(=O)Nc1ccccc1)C2. The zero-order chi connectivity index (χ0) is 19.3. The van der Waals surface area contributed by atoms with E-state index in [1.807, 2.05) is 53.2 Å². The second-order valence-electron chi connectivity index (χ2n) is 6.41. The Morgan fingerprint density at radius 2 is 1.46 bits per heavy atom. The molecule has 2 heterocycles. The van der Waals surface area contributed by atoms with Crippen molar-refractivity contribution in [1.82, 2.24) is 14.7 Å². The van der Waals surface area contributed by atoms with Crippen molar-refractivity contribution in [2.45, 2.75) is 13.1 Å². The minimum Gasteiger partial charge on any atom is -0.317 e. The number of urea groups is 2. The lowest BCUT2D eigenvalue weighted by atomic mass is 10.3. The lowest BCUT2D eigenvalue weighted by Crippen LogP contribution is -2.40. The summed E-state index contributed by atoms with van der Waals surface area (Å²) in [6.07, 6.45) is 0. The molecule has 2 aromatic carbocycles. The van der Waals surface area contributed by atoms with E-state index in [2.05, 4.69) is 21.0 Å². The highest BCUT2D eigenvalue weighted by atomic mass is 16.2. The molecular formula is C20H20N6O2. The molecule has 3 aromatic rings. The number of hydrogen-bond acceptors (Lipinski definition) is 3. The Balaban J connectivity index is 1.36. The summed E-state index contributed by atoms with van der Waals surface area (Å²) in [6.45, 7) is 1.54. The topological polar surface area (TPSA) is 91.3 Å². The molecule has 0 radical (unpaired) electrons. The van der Waals surface area contributed by atoms with Gasteiger partial charge in [-0.15, -0.1) is 0 Å². The monoisotopic (exact) mass is 376 g/mol. The maximum Gasteiger partial charge on any atom is 0.324 e. The summed E-state index contributed by atoms with van der Waals surface area (Å²) in [5.74, 6) is 0.453. The van der Waals surface area contributed by atoms with Gasteiger partial charge in [-0.05, 0) is 24.3 Å². The molecule has 0 spiro atoms. The Morgan fingerprint density at radius 1 is 0.821 bits per heavy atom. The number of fused-ring (bicyclic) bond motifs is 1. The molecule has 142 valence electrons. The molecule has 0 bridgehead atoms. The van der Waals surface area contributed by atoms with E-state index in [-0.39, 0.29) is 12.1 Å². The van der Waals surface area contributed by atoms with Gasteiger partial charge in [-0.25, -0.2) is 9.59 Å². The van der Waals surface area contributed by atoms with E-state index in [9.17, 15) is 9.59 Å². The smallest absolute Gasteiger partial charge is 0.317 e. The fraction of sp³-hybridized carbons (Fsp3) is 0.150. The molecule has 8 nitrogen and oxygen atoms in total. The van der Waals surface area contributed by atoms with Gasteiger partial charge < -0.3 is 15.5 Å². The quantitative estimate of drug-likeness (QED) is 0.652. The van der Waals surface area contributed by atoms with Crippen LogP contribution in [0.4, 0.5) is 26.8 Å². The van der Waals surface area contributed by atoms with Gasteiger partial charge in [-0.1, -0.05) is 36.4 Å². The van der Waals surface area contributed by atoms with Gasteiger partial charge in [0.2, 0.25) is 0 Å². The molecule has 1 aliphatic rings. The lowest BCUT2D eigenvalue weighted by Gasteiger charge is -2.27. The number of benzene rings is 2. The van der Waals surface area contributed by atoms with Crippen molar-refractivity contribution in [3.05, 3.63) is 72.4 Å². The number of anilines is 3. The van der Waals surface area contributed by atoms with E-state index in [0.29, 0.717) is 31.1 Å². The average Bonchev–Trinajstić information content (AvgIpc) is 3.10. The van der Waals surface area contributed by atoms with Crippen LogP contribution in [0.1, 0.15) is 5.69 Å². The van der Waals surface area contributed by atoms with Gasteiger partial charge in [-0.3, -0.25) is 10.00 Å². The number of carbonyl (C=O) groups is 2. The minimum atomic E-state index is -0.361. The molecule has 4 amide bonds. The number of para-hydroxylation sites is 2. The van der Waals surface area contributed by atoms with Crippen molar-refractivity contribution in [3.8, 4) is 0 Å². The maximum absolute atomic E-state index is 12.5. The summed E-state index contributed by atoms with van der Waals surface area (Å²) in [5, 5.41) is 12.8. The summed E-state index contributed by atoms with van der Waals surface area (Å²) in [4.78, 5) is 26.3. The van der Waals surface area contributed by atoms with Gasteiger partial charge in [-0.2, -0.15) is 5.10 Å². The average molecular weight is 376 g/mol. The third kappa shape index (κ3) is 4.12. The lowest BCUT2D eigenvalue weighted by molar-refractivity contribution is 0.194. The predicted molar refractivity (Wildman–Crippen MR) is 107 cm³/mol. The van der Waals surface area contributed by atoms with Gasteiger partial charge in [0, 0.05) is 24.0 Å². The van der Waals surface area contributed by atoms with E-state index in [1.165, 1.54) is 0 Å². The van der Waals surface area contributed by atoms with Gasteiger partial charge >= 0.3 is 12.1 Å². The number of hydrogen-bond donors (Lipinski definition) is 3. The Kier molecular flexibility index (Phi) is 4.92. The van der Waals surface area contributed by atoms with Crippen LogP contribution in [0.5, 0.6) is 0 Å². The molecule has 0 aliphatic carbocycles. The van der Waals surface area contributed by atoms with E-state index in [4.69, 9.17) is 0 Å². The van der Waals surface area contributed by atoms with E-state index in [0.717, 1.165) is 11.4 Å². The third-order valence-corrected chi connectivity index (χ3v) is 4.38. The summed E-state index contributed by atoms with van der Waals surface area (Å²) >= 11 is 0. The second-order valence-corrected chi connectivity index (χ2v) is 6.41. The molecule has 3 N–H and O–H groups in total. The van der Waals surface area contributed by atoms with Crippen LogP contribution in [-0.2, 0) is 13.1 Å². The highest BCUT2D eigenvalue weighted by Crippen LogP contribution is 2.18. The van der Waals surface area contributed by atoms with Gasteiger partial charge in [0.1, 0.15) is 0 Å². The van der Waals surface area contributed by atoms with Crippen molar-refractivity contribution in [3.63, 3.8) is 0 Å². The van der Waals surface area contributed by atoms with Crippen molar-refractivity contribution < 1.29 is 9.59 Å². The normalized spacial score (nSPS) is 12.8. The summed E-state index contributed by atoms with van der Waals surface area (Å²) in [7, 11) is 0. The Morgan fingerprint density at radius 3 is 2.14 bits per heavy atom. The molecular weight excluding hydrogens is 356 g/mol. The van der Waals surface area contributed by atoms with Crippen LogP contribution in [0.3, 0.4) is 0 Å². The molecule has 4 rings (SSSR count). The highest BCUT2D eigenvalue weighted by Gasteiger charge is 2.22. The summed E-state index contributed by atoms with van der Waals surface area (Å²) in [5.41, 5.74) is 2.32. The molecule has 0 atom stereocenters. The first-order chi connectivity index (χ1) is 13.7. The molecule has 0 saturated heterocycles. The first-order valence-corrected chi connectivity index (χ1v) is 8.98. The zero-order valence-electron chi connectivity index (χ0n) is 15.1. The number of rotatable bonds is 3.